The van der Waals surface area contributed by atoms with Crippen molar-refractivity contribution in [2.24, 2.45) is 5.92 Å². The zero-order valence-electron chi connectivity index (χ0n) is 5.91. The van der Waals surface area contributed by atoms with E-state index in [0.717, 1.165) is 0 Å². The van der Waals surface area contributed by atoms with Crippen LogP contribution < -0.4 is 0 Å². The van der Waals surface area contributed by atoms with Gasteiger partial charge in [-0.2, -0.15) is 0 Å². The largest absolute Gasteiger partial charge is 0.481 e. The van der Waals surface area contributed by atoms with Crippen LogP contribution in [0.25, 0.3) is 0 Å². The molecule has 4 nitrogen and oxygen atoms in total. The van der Waals surface area contributed by atoms with E-state index in [1.165, 1.54) is 0 Å². The molecule has 10 heavy (non-hydrogen) atoms. The molecule has 0 aromatic carbocycles. The molecule has 0 spiro atoms. The molecule has 0 heterocycles. The summed E-state index contributed by atoms with van der Waals surface area (Å²) in [5, 5.41) is 16.2. The number of aliphatic carboxylic acids is 1. The summed E-state index contributed by atoms with van der Waals surface area (Å²) in [4.78, 5) is 13.9. The first-order valence-corrected chi connectivity index (χ1v) is 3.15. The van der Waals surface area contributed by atoms with Crippen molar-refractivity contribution in [3.63, 3.8) is 0 Å². The summed E-state index contributed by atoms with van der Waals surface area (Å²) in [6.45, 7) is 2.00. The molecule has 0 amide bonds. The van der Waals surface area contributed by atoms with Crippen molar-refractivity contribution in [1.82, 2.24) is 0 Å². The van der Waals surface area contributed by atoms with Gasteiger partial charge in [0.15, 0.2) is 0 Å². The van der Waals surface area contributed by atoms with Crippen LogP contribution >= 0.6 is 0 Å². The molecule has 0 aromatic heterocycles. The van der Waals surface area contributed by atoms with Crippen LogP contribution in [0.3, 0.4) is 0 Å². The van der Waals surface area contributed by atoms with Gasteiger partial charge < -0.3 is 5.11 Å². The fourth-order valence-corrected chi connectivity index (χ4v) is 0.654. The third-order valence-corrected chi connectivity index (χ3v) is 1.23. The van der Waals surface area contributed by atoms with Gasteiger partial charge in [0, 0.05) is 6.42 Å². The van der Waals surface area contributed by atoms with E-state index in [1.54, 1.807) is 6.92 Å². The minimum atomic E-state index is -0.814. The molecule has 0 saturated heterocycles. The standard InChI is InChI=1S/C6H12O4/c1-5(2-3-10-9)4-6(7)8/h5,9H,2-4H2,1H3,(H,7,8). The van der Waals surface area contributed by atoms with Crippen molar-refractivity contribution in [1.29, 1.82) is 0 Å². The Hall–Kier alpha value is -0.610. The SMILES string of the molecule is CC(CCOO)CC(=O)O. The zero-order chi connectivity index (χ0) is 7.98. The molecule has 0 fully saturated rings. The lowest BCUT2D eigenvalue weighted by molar-refractivity contribution is -0.244. The van der Waals surface area contributed by atoms with Crippen LogP contribution in [0.5, 0.6) is 0 Å². The molecule has 0 bridgehead atoms. The molecule has 1 atom stereocenters. The molecule has 60 valence electrons. The smallest absolute Gasteiger partial charge is 0.303 e. The number of carboxylic acid groups (broad SMARTS) is 1. The Morgan fingerprint density at radius 1 is 1.70 bits per heavy atom. The lowest BCUT2D eigenvalue weighted by Gasteiger charge is -2.04. The predicted octanol–water partition coefficient (Wildman–Crippen LogP) is 0.977. The minimum Gasteiger partial charge on any atom is -0.481 e. The van der Waals surface area contributed by atoms with Gasteiger partial charge in [0.1, 0.15) is 0 Å². The van der Waals surface area contributed by atoms with E-state index in [9.17, 15) is 4.79 Å². The highest BCUT2D eigenvalue weighted by atomic mass is 17.1. The van der Waals surface area contributed by atoms with Gasteiger partial charge >= 0.3 is 5.97 Å². The number of carboxylic acids is 1. The highest BCUT2D eigenvalue weighted by Crippen LogP contribution is 2.06. The molecular weight excluding hydrogens is 136 g/mol. The van der Waals surface area contributed by atoms with Gasteiger partial charge in [0.25, 0.3) is 0 Å². The van der Waals surface area contributed by atoms with E-state index in [0.29, 0.717) is 6.42 Å². The summed E-state index contributed by atoms with van der Waals surface area (Å²) < 4.78 is 0. The van der Waals surface area contributed by atoms with Crippen LogP contribution in [0.15, 0.2) is 0 Å². The van der Waals surface area contributed by atoms with Crippen LogP contribution in [-0.4, -0.2) is 22.9 Å². The molecule has 0 aliphatic heterocycles. The average Bonchev–Trinajstić information content (AvgIpc) is 1.82. The van der Waals surface area contributed by atoms with Crippen molar-refractivity contribution >= 4 is 5.97 Å². The minimum absolute atomic E-state index is 0.0599. The van der Waals surface area contributed by atoms with Crippen LogP contribution in [0.2, 0.25) is 0 Å². The van der Waals surface area contributed by atoms with E-state index < -0.39 is 5.97 Å². The van der Waals surface area contributed by atoms with Gasteiger partial charge in [-0.25, -0.2) is 4.89 Å². The molecule has 0 rings (SSSR count). The fourth-order valence-electron chi connectivity index (χ4n) is 0.654. The van der Waals surface area contributed by atoms with E-state index in [2.05, 4.69) is 4.89 Å². The van der Waals surface area contributed by atoms with Crippen LogP contribution in [0.1, 0.15) is 19.8 Å². The third kappa shape index (κ3) is 5.53. The highest BCUT2D eigenvalue weighted by molar-refractivity contribution is 5.66. The Balaban J connectivity index is 3.25. The van der Waals surface area contributed by atoms with Gasteiger partial charge in [-0.1, -0.05) is 6.92 Å². The average molecular weight is 148 g/mol. The molecule has 2 N–H and O–H groups in total. The van der Waals surface area contributed by atoms with Crippen LogP contribution in [-0.2, 0) is 9.68 Å². The maximum Gasteiger partial charge on any atom is 0.303 e. The maximum atomic E-state index is 10.1. The van der Waals surface area contributed by atoms with Crippen LogP contribution in [0, 0.1) is 5.92 Å². The summed E-state index contributed by atoms with van der Waals surface area (Å²) in [6.07, 6.45) is 0.701. The van der Waals surface area contributed by atoms with Gasteiger partial charge in [0.05, 0.1) is 6.61 Å². The van der Waals surface area contributed by atoms with E-state index in [4.69, 9.17) is 10.4 Å². The predicted molar refractivity (Wildman–Crippen MR) is 34.6 cm³/mol. The summed E-state index contributed by atoms with van der Waals surface area (Å²) in [5.74, 6) is -0.755. The first-order valence-electron chi connectivity index (χ1n) is 3.15. The maximum absolute atomic E-state index is 10.1. The Morgan fingerprint density at radius 3 is 2.70 bits per heavy atom. The summed E-state index contributed by atoms with van der Waals surface area (Å²) in [7, 11) is 0. The molecule has 0 radical (unpaired) electrons. The topological polar surface area (TPSA) is 66.8 Å². The Labute approximate surface area is 59.4 Å². The number of rotatable bonds is 5. The van der Waals surface area contributed by atoms with E-state index >= 15 is 0 Å². The molecule has 0 aliphatic carbocycles. The summed E-state index contributed by atoms with van der Waals surface area (Å²) in [6, 6.07) is 0. The normalized spacial score (nSPS) is 13.0. The van der Waals surface area contributed by atoms with Gasteiger partial charge in [-0.15, -0.1) is 0 Å². The molecule has 0 aliphatic rings. The molecule has 0 aromatic rings. The van der Waals surface area contributed by atoms with Crippen molar-refractivity contribution in [2.75, 3.05) is 6.61 Å². The Bertz CT molecular complexity index is 102. The molecule has 1 unspecified atom stereocenters. The second-order valence-electron chi connectivity index (χ2n) is 2.32. The lowest BCUT2D eigenvalue weighted by atomic mass is 10.1. The van der Waals surface area contributed by atoms with Crippen molar-refractivity contribution in [3.8, 4) is 0 Å². The zero-order valence-corrected chi connectivity index (χ0v) is 5.91. The fraction of sp³-hybridized carbons (Fsp3) is 0.833. The van der Waals surface area contributed by atoms with Crippen molar-refractivity contribution in [3.05, 3.63) is 0 Å². The monoisotopic (exact) mass is 148 g/mol. The lowest BCUT2D eigenvalue weighted by Crippen LogP contribution is -2.06. The van der Waals surface area contributed by atoms with Gasteiger partial charge in [-0.3, -0.25) is 10.1 Å². The number of hydrogen-bond acceptors (Lipinski definition) is 3. The first-order chi connectivity index (χ1) is 4.66. The van der Waals surface area contributed by atoms with Crippen molar-refractivity contribution in [2.45, 2.75) is 19.8 Å². The Morgan fingerprint density at radius 2 is 2.30 bits per heavy atom. The summed E-state index contributed by atoms with van der Waals surface area (Å²) in [5.41, 5.74) is 0. The van der Waals surface area contributed by atoms with E-state index in [-0.39, 0.29) is 18.9 Å². The Kier molecular flexibility index (Phi) is 4.88. The number of hydrogen-bond donors (Lipinski definition) is 2. The molecule has 0 saturated carbocycles. The van der Waals surface area contributed by atoms with Crippen LogP contribution in [0.4, 0.5) is 0 Å². The van der Waals surface area contributed by atoms with Gasteiger partial charge in [0.2, 0.25) is 0 Å². The molecular formula is C6H12O4. The molecule has 4 heteroatoms. The summed E-state index contributed by atoms with van der Waals surface area (Å²) >= 11 is 0. The second kappa shape index (κ2) is 5.20. The highest BCUT2D eigenvalue weighted by Gasteiger charge is 2.06. The van der Waals surface area contributed by atoms with Gasteiger partial charge in [-0.05, 0) is 12.3 Å². The number of carbonyl (C=O) groups is 1. The first kappa shape index (κ1) is 9.39. The quantitative estimate of drug-likeness (QED) is 0.450. The second-order valence-corrected chi connectivity index (χ2v) is 2.32. The third-order valence-electron chi connectivity index (χ3n) is 1.23. The van der Waals surface area contributed by atoms with Crippen molar-refractivity contribution < 1.29 is 20.0 Å². The van der Waals surface area contributed by atoms with E-state index in [1.807, 2.05) is 0 Å².